The van der Waals surface area contributed by atoms with E-state index in [1.165, 1.54) is 36.8 Å². The predicted molar refractivity (Wildman–Crippen MR) is 79.3 cm³/mol. The van der Waals surface area contributed by atoms with Crippen molar-refractivity contribution in [3.8, 4) is 0 Å². The molecule has 1 aromatic carbocycles. The molecule has 102 valence electrons. The van der Waals surface area contributed by atoms with Crippen molar-refractivity contribution in [2.75, 3.05) is 6.54 Å². The summed E-state index contributed by atoms with van der Waals surface area (Å²) in [5, 5.41) is 0. The zero-order valence-corrected chi connectivity index (χ0v) is 11.9. The molecule has 3 nitrogen and oxygen atoms in total. The Balaban J connectivity index is 2.11. The number of nitrogens with two attached hydrogens (primary N) is 1. The van der Waals surface area contributed by atoms with Crippen LogP contribution in [0.15, 0.2) is 18.2 Å². The number of nitrogens with zero attached hydrogens (tertiary/aromatic N) is 2. The zero-order valence-electron chi connectivity index (χ0n) is 11.9. The average Bonchev–Trinajstić information content (AvgIpc) is 3.04. The van der Waals surface area contributed by atoms with Gasteiger partial charge in [-0.25, -0.2) is 4.98 Å². The summed E-state index contributed by atoms with van der Waals surface area (Å²) in [4.78, 5) is 4.75. The van der Waals surface area contributed by atoms with Crippen molar-refractivity contribution in [1.29, 1.82) is 0 Å². The van der Waals surface area contributed by atoms with Gasteiger partial charge in [0.25, 0.3) is 0 Å². The number of aromatic nitrogens is 2. The number of benzene rings is 1. The van der Waals surface area contributed by atoms with E-state index >= 15 is 0 Å². The molecule has 0 unspecified atom stereocenters. The Morgan fingerprint density at radius 1 is 1.32 bits per heavy atom. The highest BCUT2D eigenvalue weighted by Crippen LogP contribution is 2.40. The maximum absolute atomic E-state index is 6.08. The predicted octanol–water partition coefficient (Wildman–Crippen LogP) is 2.91. The summed E-state index contributed by atoms with van der Waals surface area (Å²) >= 11 is 0. The molecule has 1 saturated carbocycles. The third-order valence-electron chi connectivity index (χ3n) is 4.85. The van der Waals surface area contributed by atoms with Crippen molar-refractivity contribution in [2.24, 2.45) is 12.8 Å². The fourth-order valence-corrected chi connectivity index (χ4v) is 3.56. The zero-order chi connectivity index (χ0) is 13.5. The maximum atomic E-state index is 6.08. The summed E-state index contributed by atoms with van der Waals surface area (Å²) in [7, 11) is 2.10. The third kappa shape index (κ3) is 1.88. The molecular formula is C16H23N3. The highest BCUT2D eigenvalue weighted by Gasteiger charge is 2.34. The summed E-state index contributed by atoms with van der Waals surface area (Å²) in [5.41, 5.74) is 10.0. The maximum Gasteiger partial charge on any atom is 0.109 e. The number of aryl methyl sites for hydroxylation is 2. The molecule has 1 aliphatic carbocycles. The average molecular weight is 257 g/mol. The van der Waals surface area contributed by atoms with Gasteiger partial charge in [0.2, 0.25) is 0 Å². The van der Waals surface area contributed by atoms with Crippen LogP contribution in [0, 0.1) is 0 Å². The Morgan fingerprint density at radius 2 is 2.05 bits per heavy atom. The van der Waals surface area contributed by atoms with Crippen molar-refractivity contribution >= 4 is 11.0 Å². The van der Waals surface area contributed by atoms with Crippen LogP contribution in [0.4, 0.5) is 0 Å². The van der Waals surface area contributed by atoms with Gasteiger partial charge in [-0.05, 0) is 30.5 Å². The van der Waals surface area contributed by atoms with E-state index in [1.54, 1.807) is 0 Å². The minimum absolute atomic E-state index is 0.206. The molecule has 3 rings (SSSR count). The smallest absolute Gasteiger partial charge is 0.109 e. The molecule has 2 N–H and O–H groups in total. The lowest BCUT2D eigenvalue weighted by atomic mass is 9.79. The lowest BCUT2D eigenvalue weighted by molar-refractivity contribution is 0.453. The highest BCUT2D eigenvalue weighted by atomic mass is 15.1. The van der Waals surface area contributed by atoms with Gasteiger partial charge in [-0.3, -0.25) is 0 Å². The first-order valence-corrected chi connectivity index (χ1v) is 7.36. The Kier molecular flexibility index (Phi) is 3.09. The number of hydrogen-bond donors (Lipinski definition) is 1. The Labute approximate surface area is 114 Å². The van der Waals surface area contributed by atoms with Crippen molar-refractivity contribution in [3.63, 3.8) is 0 Å². The summed E-state index contributed by atoms with van der Waals surface area (Å²) in [6, 6.07) is 6.75. The molecule has 1 fully saturated rings. The van der Waals surface area contributed by atoms with Gasteiger partial charge in [0, 0.05) is 25.4 Å². The number of imidazole rings is 1. The summed E-state index contributed by atoms with van der Waals surface area (Å²) in [5.74, 6) is 1.15. The molecule has 0 bridgehead atoms. The van der Waals surface area contributed by atoms with Crippen LogP contribution in [-0.4, -0.2) is 16.1 Å². The van der Waals surface area contributed by atoms with Crippen molar-refractivity contribution in [2.45, 2.75) is 44.4 Å². The molecular weight excluding hydrogens is 234 g/mol. The van der Waals surface area contributed by atoms with Gasteiger partial charge in [0.15, 0.2) is 0 Å². The molecule has 0 radical (unpaired) electrons. The standard InChI is InChI=1S/C16H23N3/c1-3-15-18-13-10-12(6-7-14(13)19(15)2)16(11-17)8-4-5-9-16/h6-7,10H,3-5,8-9,11,17H2,1-2H3. The second-order valence-electron chi connectivity index (χ2n) is 5.84. The number of hydrogen-bond acceptors (Lipinski definition) is 2. The van der Waals surface area contributed by atoms with Crippen molar-refractivity contribution in [3.05, 3.63) is 29.6 Å². The highest BCUT2D eigenvalue weighted by molar-refractivity contribution is 5.77. The Bertz CT molecular complexity index is 591. The minimum atomic E-state index is 0.206. The lowest BCUT2D eigenvalue weighted by Gasteiger charge is -2.27. The summed E-state index contributed by atoms with van der Waals surface area (Å²) < 4.78 is 2.20. The molecule has 19 heavy (non-hydrogen) atoms. The topological polar surface area (TPSA) is 43.8 Å². The summed E-state index contributed by atoms with van der Waals surface area (Å²) in [6.07, 6.45) is 6.03. The van der Waals surface area contributed by atoms with Crippen LogP contribution in [0.3, 0.4) is 0 Å². The van der Waals surface area contributed by atoms with Gasteiger partial charge in [-0.1, -0.05) is 25.8 Å². The molecule has 0 spiro atoms. The van der Waals surface area contributed by atoms with Gasteiger partial charge in [-0.15, -0.1) is 0 Å². The fourth-order valence-electron chi connectivity index (χ4n) is 3.56. The van der Waals surface area contributed by atoms with Crippen LogP contribution < -0.4 is 5.73 Å². The van der Waals surface area contributed by atoms with Gasteiger partial charge in [0.1, 0.15) is 5.82 Å². The first-order chi connectivity index (χ1) is 9.20. The second kappa shape index (κ2) is 4.64. The SMILES string of the molecule is CCc1nc2cc(C3(CN)CCCC3)ccc2n1C. The number of fused-ring (bicyclic) bond motifs is 1. The first kappa shape index (κ1) is 12.7. The van der Waals surface area contributed by atoms with E-state index in [0.29, 0.717) is 0 Å². The molecule has 2 aromatic rings. The molecule has 0 amide bonds. The van der Waals surface area contributed by atoms with E-state index in [4.69, 9.17) is 10.7 Å². The van der Waals surface area contributed by atoms with Crippen molar-refractivity contribution in [1.82, 2.24) is 9.55 Å². The molecule has 3 heteroatoms. The second-order valence-corrected chi connectivity index (χ2v) is 5.84. The van der Waals surface area contributed by atoms with Crippen LogP contribution >= 0.6 is 0 Å². The first-order valence-electron chi connectivity index (χ1n) is 7.36. The minimum Gasteiger partial charge on any atom is -0.331 e. The monoisotopic (exact) mass is 257 g/mol. The third-order valence-corrected chi connectivity index (χ3v) is 4.85. The van der Waals surface area contributed by atoms with E-state index in [0.717, 1.165) is 24.3 Å². The van der Waals surface area contributed by atoms with Gasteiger partial charge in [-0.2, -0.15) is 0 Å². The van der Waals surface area contributed by atoms with E-state index < -0.39 is 0 Å². The molecule has 0 aliphatic heterocycles. The van der Waals surface area contributed by atoms with Crippen LogP contribution in [0.25, 0.3) is 11.0 Å². The van der Waals surface area contributed by atoms with E-state index in [-0.39, 0.29) is 5.41 Å². The molecule has 1 aromatic heterocycles. The summed E-state index contributed by atoms with van der Waals surface area (Å²) in [6.45, 7) is 2.91. The van der Waals surface area contributed by atoms with Crippen molar-refractivity contribution < 1.29 is 0 Å². The molecule has 1 heterocycles. The quantitative estimate of drug-likeness (QED) is 0.918. The largest absolute Gasteiger partial charge is 0.331 e. The van der Waals surface area contributed by atoms with Gasteiger partial charge < -0.3 is 10.3 Å². The van der Waals surface area contributed by atoms with Crippen LogP contribution in [-0.2, 0) is 18.9 Å². The lowest BCUT2D eigenvalue weighted by Crippen LogP contribution is -2.31. The van der Waals surface area contributed by atoms with Crippen LogP contribution in [0.5, 0.6) is 0 Å². The molecule has 1 aliphatic rings. The van der Waals surface area contributed by atoms with Gasteiger partial charge in [0.05, 0.1) is 11.0 Å². The normalized spacial score (nSPS) is 18.3. The molecule has 0 atom stereocenters. The van der Waals surface area contributed by atoms with Crippen LogP contribution in [0.1, 0.15) is 44.0 Å². The fraction of sp³-hybridized carbons (Fsp3) is 0.562. The molecule has 0 saturated heterocycles. The van der Waals surface area contributed by atoms with Crippen LogP contribution in [0.2, 0.25) is 0 Å². The van der Waals surface area contributed by atoms with E-state index in [9.17, 15) is 0 Å². The van der Waals surface area contributed by atoms with Gasteiger partial charge >= 0.3 is 0 Å². The number of rotatable bonds is 3. The van der Waals surface area contributed by atoms with E-state index in [2.05, 4.69) is 36.7 Å². The van der Waals surface area contributed by atoms with E-state index in [1.807, 2.05) is 0 Å². The Hall–Kier alpha value is -1.35. The Morgan fingerprint density at radius 3 is 2.68 bits per heavy atom.